The Morgan fingerprint density at radius 3 is 2.37 bits per heavy atom. The SMILES string of the molecule is CCOc1ccccc1NC(=O)CC(NS(C)(=O)=O)c1ccc(OC)cc1. The fourth-order valence-corrected chi connectivity index (χ4v) is 3.30. The minimum atomic E-state index is -3.51. The van der Waals surface area contributed by atoms with Crippen molar-refractivity contribution in [2.75, 3.05) is 25.3 Å². The molecule has 0 radical (unpaired) electrons. The van der Waals surface area contributed by atoms with Crippen molar-refractivity contribution < 1.29 is 22.7 Å². The van der Waals surface area contributed by atoms with E-state index in [1.165, 1.54) is 0 Å². The zero-order valence-electron chi connectivity index (χ0n) is 15.6. The number of methoxy groups -OCH3 is 1. The molecule has 1 unspecified atom stereocenters. The number of ether oxygens (including phenoxy) is 2. The van der Waals surface area contributed by atoms with Crippen LogP contribution in [-0.4, -0.2) is 34.3 Å². The van der Waals surface area contributed by atoms with Gasteiger partial charge in [-0.2, -0.15) is 0 Å². The minimum Gasteiger partial charge on any atom is -0.497 e. The van der Waals surface area contributed by atoms with E-state index in [1.807, 2.05) is 13.0 Å². The third-order valence-electron chi connectivity index (χ3n) is 3.73. The summed E-state index contributed by atoms with van der Waals surface area (Å²) < 4.78 is 36.6. The lowest BCUT2D eigenvalue weighted by atomic mass is 10.0. The molecule has 146 valence electrons. The summed E-state index contributed by atoms with van der Waals surface area (Å²) in [5.74, 6) is 0.872. The predicted octanol–water partition coefficient (Wildman–Crippen LogP) is 2.71. The van der Waals surface area contributed by atoms with Crippen molar-refractivity contribution in [2.24, 2.45) is 0 Å². The summed E-state index contributed by atoms with van der Waals surface area (Å²) in [6.45, 7) is 2.32. The van der Waals surface area contributed by atoms with Crippen LogP contribution in [0.15, 0.2) is 48.5 Å². The van der Waals surface area contributed by atoms with Gasteiger partial charge in [0.2, 0.25) is 15.9 Å². The molecule has 0 fully saturated rings. The molecule has 0 spiro atoms. The Morgan fingerprint density at radius 1 is 1.11 bits per heavy atom. The number of anilines is 1. The van der Waals surface area contributed by atoms with Gasteiger partial charge in [-0.15, -0.1) is 0 Å². The first-order valence-corrected chi connectivity index (χ1v) is 10.3. The monoisotopic (exact) mass is 392 g/mol. The Balaban J connectivity index is 2.18. The Bertz CT molecular complexity index is 866. The van der Waals surface area contributed by atoms with Crippen LogP contribution in [0.25, 0.3) is 0 Å². The lowest BCUT2D eigenvalue weighted by Gasteiger charge is -2.19. The summed E-state index contributed by atoms with van der Waals surface area (Å²) in [5.41, 5.74) is 1.20. The molecule has 7 nitrogen and oxygen atoms in total. The van der Waals surface area contributed by atoms with Gasteiger partial charge < -0.3 is 14.8 Å². The maximum absolute atomic E-state index is 12.5. The average molecular weight is 392 g/mol. The van der Waals surface area contributed by atoms with Crippen LogP contribution in [0.4, 0.5) is 5.69 Å². The van der Waals surface area contributed by atoms with E-state index in [9.17, 15) is 13.2 Å². The molecule has 1 amide bonds. The zero-order valence-corrected chi connectivity index (χ0v) is 16.4. The number of sulfonamides is 1. The quantitative estimate of drug-likeness (QED) is 0.684. The Kier molecular flexibility index (Phi) is 7.20. The molecule has 2 aromatic rings. The Hall–Kier alpha value is -2.58. The van der Waals surface area contributed by atoms with E-state index in [0.717, 1.165) is 6.26 Å². The molecule has 1 atom stereocenters. The predicted molar refractivity (Wildman–Crippen MR) is 105 cm³/mol. The normalized spacial score (nSPS) is 12.3. The molecule has 0 aliphatic carbocycles. The minimum absolute atomic E-state index is 0.0696. The van der Waals surface area contributed by atoms with Crippen LogP contribution in [0.3, 0.4) is 0 Å². The molecule has 0 aromatic heterocycles. The van der Waals surface area contributed by atoms with E-state index in [-0.39, 0.29) is 12.3 Å². The molecule has 0 bridgehead atoms. The highest BCUT2D eigenvalue weighted by Gasteiger charge is 2.20. The maximum Gasteiger partial charge on any atom is 0.226 e. The Morgan fingerprint density at radius 2 is 1.78 bits per heavy atom. The van der Waals surface area contributed by atoms with E-state index in [0.29, 0.717) is 29.4 Å². The standard InChI is InChI=1S/C19H24N2O5S/c1-4-26-18-8-6-5-7-16(18)20-19(22)13-17(21-27(3,23)24)14-9-11-15(25-2)12-10-14/h5-12,17,21H,4,13H2,1-3H3,(H,20,22). The van der Waals surface area contributed by atoms with Gasteiger partial charge in [0.25, 0.3) is 0 Å². The van der Waals surface area contributed by atoms with Crippen LogP contribution in [-0.2, 0) is 14.8 Å². The third kappa shape index (κ3) is 6.58. The van der Waals surface area contributed by atoms with E-state index < -0.39 is 16.1 Å². The van der Waals surface area contributed by atoms with Gasteiger partial charge in [-0.25, -0.2) is 13.1 Å². The van der Waals surface area contributed by atoms with E-state index in [1.54, 1.807) is 49.6 Å². The molecule has 2 aromatic carbocycles. The van der Waals surface area contributed by atoms with E-state index in [2.05, 4.69) is 10.0 Å². The van der Waals surface area contributed by atoms with Gasteiger partial charge in [0.1, 0.15) is 11.5 Å². The van der Waals surface area contributed by atoms with Crippen LogP contribution in [0.5, 0.6) is 11.5 Å². The van der Waals surface area contributed by atoms with Crippen LogP contribution in [0.2, 0.25) is 0 Å². The van der Waals surface area contributed by atoms with Crippen molar-refractivity contribution in [3.63, 3.8) is 0 Å². The summed E-state index contributed by atoms with van der Waals surface area (Å²) in [4.78, 5) is 12.5. The van der Waals surface area contributed by atoms with Crippen molar-refractivity contribution in [3.8, 4) is 11.5 Å². The topological polar surface area (TPSA) is 93.7 Å². The maximum atomic E-state index is 12.5. The molecule has 2 N–H and O–H groups in total. The summed E-state index contributed by atoms with van der Waals surface area (Å²) in [5, 5.41) is 2.78. The number of amides is 1. The number of benzene rings is 2. The van der Waals surface area contributed by atoms with Crippen LogP contribution in [0, 0.1) is 0 Å². The van der Waals surface area contributed by atoms with Gasteiger partial charge in [-0.3, -0.25) is 4.79 Å². The number of carbonyl (C=O) groups is 1. The summed E-state index contributed by atoms with van der Waals surface area (Å²) in [6, 6.07) is 13.3. The fraction of sp³-hybridized carbons (Fsp3) is 0.316. The second-order valence-electron chi connectivity index (χ2n) is 5.90. The van der Waals surface area contributed by atoms with Crippen molar-refractivity contribution in [1.82, 2.24) is 4.72 Å². The van der Waals surface area contributed by atoms with Gasteiger partial charge in [0.05, 0.1) is 31.7 Å². The first-order chi connectivity index (χ1) is 12.8. The zero-order chi connectivity index (χ0) is 19.9. The van der Waals surface area contributed by atoms with Gasteiger partial charge in [-0.05, 0) is 36.8 Å². The smallest absolute Gasteiger partial charge is 0.226 e. The number of rotatable bonds is 9. The van der Waals surface area contributed by atoms with Crippen molar-refractivity contribution in [3.05, 3.63) is 54.1 Å². The number of hydrogen-bond acceptors (Lipinski definition) is 5. The first-order valence-electron chi connectivity index (χ1n) is 8.45. The Labute approximate surface area is 159 Å². The molecule has 0 aliphatic rings. The molecular formula is C19H24N2O5S. The molecule has 0 aliphatic heterocycles. The second kappa shape index (κ2) is 9.38. The summed E-state index contributed by atoms with van der Waals surface area (Å²) >= 11 is 0. The van der Waals surface area contributed by atoms with E-state index in [4.69, 9.17) is 9.47 Å². The highest BCUT2D eigenvalue weighted by molar-refractivity contribution is 7.88. The second-order valence-corrected chi connectivity index (χ2v) is 7.68. The molecule has 27 heavy (non-hydrogen) atoms. The molecule has 0 saturated carbocycles. The van der Waals surface area contributed by atoms with Gasteiger partial charge in [0.15, 0.2) is 0 Å². The highest BCUT2D eigenvalue weighted by Crippen LogP contribution is 2.26. The largest absolute Gasteiger partial charge is 0.497 e. The fourth-order valence-electron chi connectivity index (χ4n) is 2.56. The van der Waals surface area contributed by atoms with Crippen molar-refractivity contribution in [1.29, 1.82) is 0 Å². The molecule has 2 rings (SSSR count). The lowest BCUT2D eigenvalue weighted by molar-refractivity contribution is -0.116. The molecular weight excluding hydrogens is 368 g/mol. The highest BCUT2D eigenvalue weighted by atomic mass is 32.2. The summed E-state index contributed by atoms with van der Waals surface area (Å²) in [7, 11) is -1.96. The number of carbonyl (C=O) groups excluding carboxylic acids is 1. The van der Waals surface area contributed by atoms with Gasteiger partial charge >= 0.3 is 0 Å². The summed E-state index contributed by atoms with van der Waals surface area (Å²) in [6.07, 6.45) is 0.992. The number of hydrogen-bond donors (Lipinski definition) is 2. The molecule has 8 heteroatoms. The number of para-hydroxylation sites is 2. The third-order valence-corrected chi connectivity index (χ3v) is 4.44. The molecule has 0 heterocycles. The number of nitrogens with one attached hydrogen (secondary N) is 2. The van der Waals surface area contributed by atoms with Gasteiger partial charge in [-0.1, -0.05) is 24.3 Å². The molecule has 0 saturated heterocycles. The average Bonchev–Trinajstić information content (AvgIpc) is 2.62. The van der Waals surface area contributed by atoms with Crippen LogP contribution in [0.1, 0.15) is 24.9 Å². The van der Waals surface area contributed by atoms with Crippen LogP contribution < -0.4 is 19.5 Å². The van der Waals surface area contributed by atoms with E-state index >= 15 is 0 Å². The van der Waals surface area contributed by atoms with Crippen molar-refractivity contribution in [2.45, 2.75) is 19.4 Å². The van der Waals surface area contributed by atoms with Gasteiger partial charge in [0, 0.05) is 6.42 Å². The first kappa shape index (κ1) is 20.7. The van der Waals surface area contributed by atoms with Crippen LogP contribution >= 0.6 is 0 Å². The lowest BCUT2D eigenvalue weighted by Crippen LogP contribution is -2.30. The van der Waals surface area contributed by atoms with Crippen molar-refractivity contribution >= 4 is 21.6 Å².